The number of rotatable bonds is 5. The third kappa shape index (κ3) is 7.57. The van der Waals surface area contributed by atoms with E-state index in [4.69, 9.17) is 27.8 Å². The van der Waals surface area contributed by atoms with Gasteiger partial charge in [0.2, 0.25) is 0 Å². The van der Waals surface area contributed by atoms with Gasteiger partial charge in [0.25, 0.3) is 0 Å². The minimum absolute atomic E-state index is 0.412. The molecule has 0 saturated carbocycles. The van der Waals surface area contributed by atoms with Crippen molar-refractivity contribution < 1.29 is 42.8 Å². The molecule has 190 valence electrons. The summed E-state index contributed by atoms with van der Waals surface area (Å²) < 4.78 is 46.1. The van der Waals surface area contributed by atoms with Crippen molar-refractivity contribution in [3.8, 4) is 39.5 Å². The number of hydrogen-bond donors (Lipinski definition) is 0. The van der Waals surface area contributed by atoms with E-state index >= 15 is 0 Å². The number of benzene rings is 4. The first-order chi connectivity index (χ1) is 18.3. The van der Waals surface area contributed by atoms with E-state index in [1.165, 1.54) is 0 Å². The van der Waals surface area contributed by atoms with Crippen LogP contribution in [0.1, 0.15) is 10.4 Å². The lowest BCUT2D eigenvalue weighted by molar-refractivity contribution is -2.00. The topological polar surface area (TPSA) is 130 Å². The molecular weight excluding hydrogens is 508 g/mol. The van der Waals surface area contributed by atoms with Crippen molar-refractivity contribution in [2.24, 2.45) is 0 Å². The van der Waals surface area contributed by atoms with Crippen molar-refractivity contribution in [2.45, 2.75) is 0 Å². The highest BCUT2D eigenvalue weighted by atomic mass is 35.7. The molecule has 4 aromatic carbocycles. The summed E-state index contributed by atoms with van der Waals surface area (Å²) in [7, 11) is -4.94. The van der Waals surface area contributed by atoms with Crippen molar-refractivity contribution in [3.05, 3.63) is 133 Å². The Labute approximate surface area is 221 Å². The number of para-hydroxylation sites is 1. The Hall–Kier alpha value is -4.37. The lowest BCUT2D eigenvalue weighted by Gasteiger charge is -2.17. The van der Waals surface area contributed by atoms with Crippen molar-refractivity contribution in [1.29, 1.82) is 0 Å². The van der Waals surface area contributed by atoms with Gasteiger partial charge in [0.05, 0.1) is 23.3 Å². The SMILES string of the molecule is O=C(Oc1ccccc1-c1cc(-c2ccccc2)cc(-c2ccccc2)[o+]1)c1ccccc1.[O-][Cl+3]([O-])([O-])[O-]. The van der Waals surface area contributed by atoms with E-state index in [-0.39, 0.29) is 0 Å². The fourth-order valence-corrected chi connectivity index (χ4v) is 3.67. The van der Waals surface area contributed by atoms with Crippen LogP contribution in [0.5, 0.6) is 5.75 Å². The van der Waals surface area contributed by atoms with Gasteiger partial charge in [0.15, 0.2) is 0 Å². The molecule has 0 unspecified atom stereocenters. The van der Waals surface area contributed by atoms with Gasteiger partial charge in [-0.1, -0.05) is 78.9 Å². The van der Waals surface area contributed by atoms with E-state index in [9.17, 15) is 4.79 Å². The Kier molecular flexibility index (Phi) is 8.60. The molecule has 1 heterocycles. The second-order valence-corrected chi connectivity index (χ2v) is 8.69. The summed E-state index contributed by atoms with van der Waals surface area (Å²) in [5, 5.41) is 0. The minimum atomic E-state index is -4.94. The molecule has 0 fully saturated rings. The fourth-order valence-electron chi connectivity index (χ4n) is 3.67. The number of ether oxygens (including phenoxy) is 1. The highest BCUT2D eigenvalue weighted by Crippen LogP contribution is 2.36. The van der Waals surface area contributed by atoms with E-state index in [2.05, 4.69) is 12.1 Å². The van der Waals surface area contributed by atoms with Crippen LogP contribution in [0.25, 0.3) is 33.8 Å². The van der Waals surface area contributed by atoms with Crippen molar-refractivity contribution in [2.75, 3.05) is 0 Å². The number of esters is 1. The van der Waals surface area contributed by atoms with Crippen LogP contribution in [-0.4, -0.2) is 5.97 Å². The lowest BCUT2D eigenvalue weighted by atomic mass is 10.0. The molecule has 0 aliphatic carbocycles. The zero-order valence-electron chi connectivity index (χ0n) is 19.9. The summed E-state index contributed by atoms with van der Waals surface area (Å²) >= 11 is 0. The van der Waals surface area contributed by atoms with E-state index in [0.29, 0.717) is 22.6 Å². The van der Waals surface area contributed by atoms with Crippen LogP contribution in [0, 0.1) is 10.2 Å². The minimum Gasteiger partial charge on any atom is -0.422 e. The summed E-state index contributed by atoms with van der Waals surface area (Å²) in [5.74, 6) is 1.38. The molecule has 0 aliphatic heterocycles. The largest absolute Gasteiger partial charge is 0.422 e. The molecule has 0 bridgehead atoms. The highest BCUT2D eigenvalue weighted by Gasteiger charge is 2.24. The molecule has 0 amide bonds. The second-order valence-electron chi connectivity index (χ2n) is 7.94. The Balaban J connectivity index is 0.000000617. The number of carbonyl (C=O) groups is 1. The first-order valence-electron chi connectivity index (χ1n) is 11.4. The van der Waals surface area contributed by atoms with Gasteiger partial charge < -0.3 is 4.74 Å². The van der Waals surface area contributed by atoms with Crippen LogP contribution in [0.3, 0.4) is 0 Å². The fraction of sp³-hybridized carbons (Fsp3) is 0. The van der Waals surface area contributed by atoms with E-state index < -0.39 is 16.2 Å². The van der Waals surface area contributed by atoms with E-state index in [1.807, 2.05) is 97.1 Å². The molecule has 5 aromatic rings. The molecule has 0 spiro atoms. The van der Waals surface area contributed by atoms with Gasteiger partial charge in [-0.05, 0) is 42.0 Å². The Morgan fingerprint density at radius 1 is 0.579 bits per heavy atom. The van der Waals surface area contributed by atoms with Crippen LogP contribution in [0.4, 0.5) is 0 Å². The molecule has 0 radical (unpaired) electrons. The Bertz CT molecular complexity index is 1420. The molecule has 0 atom stereocenters. The Morgan fingerprint density at radius 2 is 1.05 bits per heavy atom. The van der Waals surface area contributed by atoms with Crippen LogP contribution < -0.4 is 23.4 Å². The van der Waals surface area contributed by atoms with Gasteiger partial charge in [-0.15, -0.1) is 10.2 Å². The predicted octanol–water partition coefficient (Wildman–Crippen LogP) is 3.02. The first kappa shape index (κ1) is 26.7. The second kappa shape index (κ2) is 12.2. The molecule has 7 nitrogen and oxygen atoms in total. The first-order valence-corrected chi connectivity index (χ1v) is 12.6. The number of hydrogen-bond acceptors (Lipinski definition) is 6. The third-order valence-electron chi connectivity index (χ3n) is 5.32. The van der Waals surface area contributed by atoms with Gasteiger partial charge in [0, 0.05) is 5.56 Å². The maximum atomic E-state index is 12.7. The quantitative estimate of drug-likeness (QED) is 0.195. The van der Waals surface area contributed by atoms with Gasteiger partial charge in [-0.25, -0.2) is 27.8 Å². The smallest absolute Gasteiger partial charge is 0.365 e. The summed E-state index contributed by atoms with van der Waals surface area (Å²) in [6, 6.07) is 40.5. The van der Waals surface area contributed by atoms with E-state index in [1.54, 1.807) is 18.2 Å². The molecular formula is C30H21ClO7. The zero-order chi connectivity index (χ0) is 27.0. The van der Waals surface area contributed by atoms with Crippen LogP contribution in [0.15, 0.2) is 132 Å². The number of carbonyl (C=O) groups excluding carboxylic acids is 1. The van der Waals surface area contributed by atoms with Crippen molar-refractivity contribution in [3.63, 3.8) is 0 Å². The summed E-state index contributed by atoms with van der Waals surface area (Å²) in [6.07, 6.45) is 0. The van der Waals surface area contributed by atoms with Gasteiger partial charge in [-0.3, -0.25) is 0 Å². The van der Waals surface area contributed by atoms with Gasteiger partial charge in [0.1, 0.15) is 11.3 Å². The van der Waals surface area contributed by atoms with Crippen molar-refractivity contribution >= 4 is 5.97 Å². The monoisotopic (exact) mass is 528 g/mol. The predicted molar refractivity (Wildman–Crippen MR) is 131 cm³/mol. The maximum absolute atomic E-state index is 12.7. The van der Waals surface area contributed by atoms with E-state index in [0.717, 1.165) is 22.5 Å². The molecule has 1 aromatic heterocycles. The molecule has 38 heavy (non-hydrogen) atoms. The van der Waals surface area contributed by atoms with Crippen LogP contribution >= 0.6 is 0 Å². The van der Waals surface area contributed by atoms with Crippen LogP contribution in [-0.2, 0) is 0 Å². The van der Waals surface area contributed by atoms with Gasteiger partial charge >= 0.3 is 17.5 Å². The maximum Gasteiger partial charge on any atom is 0.365 e. The highest BCUT2D eigenvalue weighted by molar-refractivity contribution is 5.92. The Morgan fingerprint density at radius 3 is 1.66 bits per heavy atom. The summed E-state index contributed by atoms with van der Waals surface area (Å²) in [5.41, 5.74) is 4.25. The average molecular weight is 529 g/mol. The lowest BCUT2D eigenvalue weighted by Crippen LogP contribution is -2.68. The molecule has 5 rings (SSSR count). The summed E-state index contributed by atoms with van der Waals surface area (Å²) in [4.78, 5) is 12.7. The number of halogens is 1. The van der Waals surface area contributed by atoms with Crippen LogP contribution in [0.2, 0.25) is 0 Å². The molecule has 0 saturated heterocycles. The zero-order valence-corrected chi connectivity index (χ0v) is 20.6. The molecule has 0 N–H and O–H groups in total. The average Bonchev–Trinajstić information content (AvgIpc) is 2.94. The standard InChI is InChI=1S/C30H21O3.ClHO4/c31-30(24-16-8-3-9-17-24)33-27-19-11-10-18-26(27)29-21-25(22-12-4-1-5-13-22)20-28(32-29)23-14-6-2-7-15-23;2-1(3,4)5/h1-21H;(H,2,3,4,5)/q+1;/p-1. The van der Waals surface area contributed by atoms with Gasteiger partial charge in [-0.2, -0.15) is 0 Å². The molecule has 8 heteroatoms. The van der Waals surface area contributed by atoms with Crippen molar-refractivity contribution in [1.82, 2.24) is 0 Å². The molecule has 0 aliphatic rings. The normalized spacial score (nSPS) is 10.7. The summed E-state index contributed by atoms with van der Waals surface area (Å²) in [6.45, 7) is 0. The third-order valence-corrected chi connectivity index (χ3v) is 5.32.